The molecule has 2 aliphatic heterocycles. The fourth-order valence-corrected chi connectivity index (χ4v) is 4.75. The molecule has 3 aliphatic rings. The molecule has 2 bridgehead atoms. The summed E-state index contributed by atoms with van der Waals surface area (Å²) in [5, 5.41) is 0.905. The molecule has 3 fully saturated rings. The summed E-state index contributed by atoms with van der Waals surface area (Å²) in [6, 6.07) is 9.06. The van der Waals surface area contributed by atoms with Crippen molar-refractivity contribution >= 4 is 22.7 Å². The first-order chi connectivity index (χ1) is 13.3. The van der Waals surface area contributed by atoms with Gasteiger partial charge in [0.05, 0.1) is 17.6 Å². The highest BCUT2D eigenvalue weighted by Crippen LogP contribution is 2.56. The molecule has 28 heavy (non-hydrogen) atoms. The van der Waals surface area contributed by atoms with Gasteiger partial charge in [0.15, 0.2) is 0 Å². The van der Waals surface area contributed by atoms with Crippen LogP contribution in [0.1, 0.15) is 29.4 Å². The number of piperazine rings is 1. The summed E-state index contributed by atoms with van der Waals surface area (Å²) in [6.07, 6.45) is 0.665. The van der Waals surface area contributed by atoms with E-state index in [0.29, 0.717) is 25.1 Å². The van der Waals surface area contributed by atoms with Crippen molar-refractivity contribution in [1.82, 2.24) is 14.8 Å². The van der Waals surface area contributed by atoms with E-state index in [1.165, 1.54) is 6.92 Å². The van der Waals surface area contributed by atoms with Crippen LogP contribution in [-0.4, -0.2) is 57.7 Å². The van der Waals surface area contributed by atoms with Crippen LogP contribution in [0.2, 0.25) is 0 Å². The van der Waals surface area contributed by atoms with E-state index in [2.05, 4.69) is 4.98 Å². The Balaban J connectivity index is 1.31. The molecule has 4 atom stereocenters. The van der Waals surface area contributed by atoms with Crippen LogP contribution in [-0.2, 0) is 4.79 Å². The Morgan fingerprint density at radius 1 is 1.11 bits per heavy atom. The first-order valence-electron chi connectivity index (χ1n) is 9.64. The van der Waals surface area contributed by atoms with E-state index < -0.39 is 23.7 Å². The molecule has 0 N–H and O–H groups in total. The highest BCUT2D eigenvalue weighted by Gasteiger charge is 2.70. The van der Waals surface area contributed by atoms with Crippen molar-refractivity contribution in [1.29, 1.82) is 0 Å². The molecule has 2 saturated heterocycles. The van der Waals surface area contributed by atoms with E-state index in [-0.39, 0.29) is 18.0 Å². The number of carbonyl (C=O) groups excluding carboxylic acids is 2. The summed E-state index contributed by atoms with van der Waals surface area (Å²) in [6.45, 7) is 4.10. The van der Waals surface area contributed by atoms with Crippen LogP contribution in [0.3, 0.4) is 0 Å². The number of carbonyl (C=O) groups is 2. The van der Waals surface area contributed by atoms with Gasteiger partial charge in [-0.3, -0.25) is 14.6 Å². The number of hydrogen-bond acceptors (Lipinski definition) is 3. The molecule has 1 saturated carbocycles. The quantitative estimate of drug-likeness (QED) is 0.799. The molecule has 1 aromatic heterocycles. The van der Waals surface area contributed by atoms with Gasteiger partial charge in [0, 0.05) is 35.7 Å². The smallest absolute Gasteiger partial charge is 0.263 e. The molecular weight excluding hydrogens is 364 g/mol. The number of fused-ring (bicyclic) bond motifs is 3. The van der Waals surface area contributed by atoms with Crippen molar-refractivity contribution in [2.24, 2.45) is 11.8 Å². The summed E-state index contributed by atoms with van der Waals surface area (Å²) in [5.41, 5.74) is 2.35. The lowest BCUT2D eigenvalue weighted by molar-refractivity contribution is -0.137. The molecule has 7 heteroatoms. The lowest BCUT2D eigenvalue weighted by Crippen LogP contribution is -2.51. The number of nitrogens with zero attached hydrogens (tertiary/aromatic N) is 3. The second-order valence-electron chi connectivity index (χ2n) is 8.29. The number of hydrogen-bond donors (Lipinski definition) is 0. The van der Waals surface area contributed by atoms with Crippen LogP contribution in [0.4, 0.5) is 8.78 Å². The van der Waals surface area contributed by atoms with Crippen molar-refractivity contribution in [3.05, 3.63) is 41.6 Å². The molecule has 0 radical (unpaired) electrons. The first kappa shape index (κ1) is 17.5. The maximum Gasteiger partial charge on any atom is 0.263 e. The van der Waals surface area contributed by atoms with Crippen LogP contribution < -0.4 is 0 Å². The molecule has 1 aliphatic carbocycles. The number of amides is 2. The minimum atomic E-state index is -2.88. The van der Waals surface area contributed by atoms with Gasteiger partial charge in [0.25, 0.3) is 11.8 Å². The van der Waals surface area contributed by atoms with E-state index in [0.717, 1.165) is 16.6 Å². The lowest BCUT2D eigenvalue weighted by atomic mass is 10.1. The topological polar surface area (TPSA) is 53.5 Å². The lowest BCUT2D eigenvalue weighted by Gasteiger charge is -2.34. The van der Waals surface area contributed by atoms with E-state index in [1.807, 2.05) is 31.2 Å². The predicted molar refractivity (Wildman–Crippen MR) is 99.0 cm³/mol. The first-order valence-corrected chi connectivity index (χ1v) is 9.64. The summed E-state index contributed by atoms with van der Waals surface area (Å²) in [4.78, 5) is 33.3. The van der Waals surface area contributed by atoms with E-state index in [9.17, 15) is 18.4 Å². The molecule has 1 aromatic carbocycles. The average molecular weight is 385 g/mol. The molecular formula is C21H21F2N3O2. The fourth-order valence-electron chi connectivity index (χ4n) is 4.75. The number of pyridine rings is 1. The predicted octanol–water partition coefficient (Wildman–Crippen LogP) is 2.87. The average Bonchev–Trinajstić information content (AvgIpc) is 3.05. The molecule has 5 nitrogen and oxygen atoms in total. The summed E-state index contributed by atoms with van der Waals surface area (Å²) in [7, 11) is 0. The number of aromatic nitrogens is 1. The summed E-state index contributed by atoms with van der Waals surface area (Å²) in [5.74, 6) is -5.48. The number of alkyl halides is 2. The van der Waals surface area contributed by atoms with Crippen molar-refractivity contribution in [3.8, 4) is 0 Å². The highest BCUT2D eigenvalue weighted by molar-refractivity contribution is 5.98. The molecule has 2 aromatic rings. The number of benzene rings is 1. The Hall–Kier alpha value is -2.57. The number of halogens is 2. The Morgan fingerprint density at radius 3 is 2.43 bits per heavy atom. The van der Waals surface area contributed by atoms with Gasteiger partial charge in [-0.25, -0.2) is 8.78 Å². The number of rotatable bonds is 2. The molecule has 0 spiro atoms. The van der Waals surface area contributed by atoms with Gasteiger partial charge in [-0.05, 0) is 37.6 Å². The summed E-state index contributed by atoms with van der Waals surface area (Å²) < 4.78 is 27.2. The third-order valence-electron chi connectivity index (χ3n) is 6.54. The molecule has 5 rings (SSSR count). The minimum Gasteiger partial charge on any atom is -0.335 e. The maximum absolute atomic E-state index is 13.6. The van der Waals surface area contributed by atoms with E-state index in [4.69, 9.17) is 0 Å². The van der Waals surface area contributed by atoms with Crippen LogP contribution in [0.15, 0.2) is 30.3 Å². The van der Waals surface area contributed by atoms with Gasteiger partial charge in [0.2, 0.25) is 5.91 Å². The van der Waals surface area contributed by atoms with Crippen molar-refractivity contribution in [2.45, 2.75) is 38.3 Å². The largest absolute Gasteiger partial charge is 0.335 e. The molecule has 2 amide bonds. The van der Waals surface area contributed by atoms with Crippen LogP contribution >= 0.6 is 0 Å². The Bertz CT molecular complexity index is 1010. The SMILES string of the molecule is Cc1ccc2cc(C(=O)N3C[C@@H]4C[C@H]3CN4C(=O)[C@@H]3[C@@H](C)C3(F)F)ccc2n1. The Morgan fingerprint density at radius 2 is 1.79 bits per heavy atom. The van der Waals surface area contributed by atoms with Gasteiger partial charge < -0.3 is 9.80 Å². The normalized spacial score (nSPS) is 30.1. The third kappa shape index (κ3) is 2.45. The zero-order valence-corrected chi connectivity index (χ0v) is 15.7. The summed E-state index contributed by atoms with van der Waals surface area (Å²) >= 11 is 0. The van der Waals surface area contributed by atoms with Crippen LogP contribution in [0, 0.1) is 18.8 Å². The zero-order valence-electron chi connectivity index (χ0n) is 15.7. The van der Waals surface area contributed by atoms with Gasteiger partial charge >= 0.3 is 0 Å². The maximum atomic E-state index is 13.6. The van der Waals surface area contributed by atoms with Gasteiger partial charge in [-0.1, -0.05) is 13.0 Å². The second kappa shape index (κ2) is 5.72. The fraction of sp³-hybridized carbons (Fsp3) is 0.476. The van der Waals surface area contributed by atoms with E-state index in [1.54, 1.807) is 15.9 Å². The van der Waals surface area contributed by atoms with Crippen LogP contribution in [0.25, 0.3) is 10.9 Å². The number of likely N-dealkylation sites (tertiary alicyclic amines) is 2. The minimum absolute atomic E-state index is 0.0767. The monoisotopic (exact) mass is 385 g/mol. The van der Waals surface area contributed by atoms with Gasteiger partial charge in [0.1, 0.15) is 5.92 Å². The Labute approximate surface area is 161 Å². The molecule has 0 unspecified atom stereocenters. The van der Waals surface area contributed by atoms with Crippen molar-refractivity contribution < 1.29 is 18.4 Å². The van der Waals surface area contributed by atoms with Crippen LogP contribution in [0.5, 0.6) is 0 Å². The highest BCUT2D eigenvalue weighted by atomic mass is 19.3. The van der Waals surface area contributed by atoms with E-state index >= 15 is 0 Å². The Kier molecular flexibility index (Phi) is 3.58. The second-order valence-corrected chi connectivity index (χ2v) is 8.29. The molecule has 146 valence electrons. The van der Waals surface area contributed by atoms with Crippen molar-refractivity contribution in [3.63, 3.8) is 0 Å². The zero-order chi connectivity index (χ0) is 19.8. The molecule has 3 heterocycles. The van der Waals surface area contributed by atoms with Gasteiger partial charge in [-0.2, -0.15) is 0 Å². The third-order valence-corrected chi connectivity index (χ3v) is 6.54. The van der Waals surface area contributed by atoms with Gasteiger partial charge in [-0.15, -0.1) is 0 Å². The standard InChI is InChI=1S/C21H21F2N3O2/c1-11-3-4-13-7-14(5-6-17(13)24-11)19(27)25-9-16-8-15(25)10-26(16)20(28)18-12(2)21(18,22)23/h3-7,12,15-16,18H,8-10H2,1-2H3/t12-,15+,16+,18+/m1/s1. The van der Waals surface area contributed by atoms with Crippen molar-refractivity contribution in [2.75, 3.05) is 13.1 Å². The number of aryl methyl sites for hydroxylation is 1.